The first kappa shape index (κ1) is 28.9. The first-order valence-electron chi connectivity index (χ1n) is 13.0. The summed E-state index contributed by atoms with van der Waals surface area (Å²) in [6, 6.07) is 4.96. The molecule has 2 aromatic heterocycles. The molecule has 0 radical (unpaired) electrons. The second-order valence-corrected chi connectivity index (χ2v) is 9.37. The number of ether oxygens (including phenoxy) is 2. The standard InChI is InChI=1S/C28H30N6O7/c1-4-11-29-26(37)19-8-7-17(2)22(13-19)32-25-24-18(3)21(14-33(24)31-15-30-25)27(38)34(20-9-10-20)28(39)41-16-40-23(36)6-5-12-35/h5-8,12-15,20H,4,9-11,16H2,1-3H3,(H,29,37)(H,30,31,32)/b6-5+. The van der Waals surface area contributed by atoms with Crippen LogP contribution in [0.15, 0.2) is 42.9 Å². The third kappa shape index (κ3) is 6.75. The van der Waals surface area contributed by atoms with Gasteiger partial charge in [0.1, 0.15) is 18.1 Å². The summed E-state index contributed by atoms with van der Waals surface area (Å²) in [6.07, 6.45) is 6.15. The molecule has 1 aromatic carbocycles. The van der Waals surface area contributed by atoms with E-state index in [2.05, 4.69) is 20.7 Å². The summed E-state index contributed by atoms with van der Waals surface area (Å²) in [6.45, 7) is 5.43. The Morgan fingerprint density at radius 3 is 2.66 bits per heavy atom. The van der Waals surface area contributed by atoms with Crippen molar-refractivity contribution in [1.82, 2.24) is 24.8 Å². The fourth-order valence-electron chi connectivity index (χ4n) is 4.07. The van der Waals surface area contributed by atoms with Crippen molar-refractivity contribution in [1.29, 1.82) is 0 Å². The van der Waals surface area contributed by atoms with Crippen molar-refractivity contribution in [2.24, 2.45) is 0 Å². The molecule has 1 aliphatic rings. The number of imide groups is 1. The van der Waals surface area contributed by atoms with Crippen LogP contribution in [0.2, 0.25) is 0 Å². The number of carbonyl (C=O) groups excluding carboxylic acids is 5. The van der Waals surface area contributed by atoms with Crippen molar-refractivity contribution in [2.75, 3.05) is 18.7 Å². The Morgan fingerprint density at radius 2 is 1.95 bits per heavy atom. The molecule has 214 valence electrons. The van der Waals surface area contributed by atoms with Crippen LogP contribution < -0.4 is 10.6 Å². The maximum Gasteiger partial charge on any atom is 0.419 e. The Bertz CT molecular complexity index is 1530. The summed E-state index contributed by atoms with van der Waals surface area (Å²) in [5.74, 6) is -1.25. The van der Waals surface area contributed by atoms with Gasteiger partial charge in [-0.05, 0) is 62.4 Å². The van der Waals surface area contributed by atoms with Crippen LogP contribution in [0.4, 0.5) is 16.3 Å². The van der Waals surface area contributed by atoms with Crippen molar-refractivity contribution in [3.05, 3.63) is 65.1 Å². The van der Waals surface area contributed by atoms with E-state index >= 15 is 0 Å². The lowest BCUT2D eigenvalue weighted by Gasteiger charge is -2.19. The van der Waals surface area contributed by atoms with Crippen LogP contribution in [-0.4, -0.2) is 69.0 Å². The van der Waals surface area contributed by atoms with Crippen LogP contribution in [0.3, 0.4) is 0 Å². The molecule has 3 aromatic rings. The van der Waals surface area contributed by atoms with Gasteiger partial charge < -0.3 is 20.1 Å². The molecule has 13 nitrogen and oxygen atoms in total. The summed E-state index contributed by atoms with van der Waals surface area (Å²) in [5, 5.41) is 10.3. The van der Waals surface area contributed by atoms with Gasteiger partial charge in [-0.1, -0.05) is 13.0 Å². The maximum atomic E-state index is 13.6. The molecular formula is C28H30N6O7. The minimum Gasteiger partial charge on any atom is -0.425 e. The van der Waals surface area contributed by atoms with Gasteiger partial charge in [0.15, 0.2) is 5.82 Å². The Balaban J connectivity index is 1.57. The Labute approximate surface area is 235 Å². The number of aldehydes is 1. The maximum absolute atomic E-state index is 13.6. The Morgan fingerprint density at radius 1 is 1.17 bits per heavy atom. The van der Waals surface area contributed by atoms with Crippen LogP contribution in [0, 0.1) is 13.8 Å². The van der Waals surface area contributed by atoms with E-state index < -0.39 is 24.8 Å². The van der Waals surface area contributed by atoms with Crippen molar-refractivity contribution >= 4 is 47.2 Å². The predicted molar refractivity (Wildman–Crippen MR) is 147 cm³/mol. The first-order valence-corrected chi connectivity index (χ1v) is 13.0. The van der Waals surface area contributed by atoms with Gasteiger partial charge in [0.2, 0.25) is 6.79 Å². The second-order valence-electron chi connectivity index (χ2n) is 9.37. The van der Waals surface area contributed by atoms with Crippen LogP contribution >= 0.6 is 0 Å². The molecule has 4 rings (SSSR count). The van der Waals surface area contributed by atoms with Gasteiger partial charge in [-0.15, -0.1) is 0 Å². The molecule has 2 N–H and O–H groups in total. The second kappa shape index (κ2) is 12.9. The summed E-state index contributed by atoms with van der Waals surface area (Å²) >= 11 is 0. The number of anilines is 2. The van der Waals surface area contributed by atoms with Crippen LogP contribution in [-0.2, 0) is 19.1 Å². The Kier molecular flexibility index (Phi) is 9.07. The average Bonchev–Trinajstić information content (AvgIpc) is 3.73. The molecule has 0 aliphatic heterocycles. The molecule has 3 amide bonds. The number of aryl methyl sites for hydroxylation is 2. The highest BCUT2D eigenvalue weighted by Gasteiger charge is 2.40. The monoisotopic (exact) mass is 562 g/mol. The van der Waals surface area contributed by atoms with E-state index in [1.54, 1.807) is 19.1 Å². The Hall–Kier alpha value is -5.07. The molecule has 13 heteroatoms. The summed E-state index contributed by atoms with van der Waals surface area (Å²) in [5.41, 5.74) is 3.27. The van der Waals surface area contributed by atoms with E-state index in [1.165, 1.54) is 17.0 Å². The highest BCUT2D eigenvalue weighted by molar-refractivity contribution is 6.06. The molecular weight excluding hydrogens is 532 g/mol. The largest absolute Gasteiger partial charge is 0.425 e. The lowest BCUT2D eigenvalue weighted by molar-refractivity contribution is -0.146. The van der Waals surface area contributed by atoms with Crippen molar-refractivity contribution in [3.63, 3.8) is 0 Å². The van der Waals surface area contributed by atoms with Gasteiger partial charge in [0, 0.05) is 36.1 Å². The molecule has 0 spiro atoms. The number of benzene rings is 1. The van der Waals surface area contributed by atoms with Crippen molar-refractivity contribution in [2.45, 2.75) is 46.1 Å². The van der Waals surface area contributed by atoms with Gasteiger partial charge in [0.25, 0.3) is 11.8 Å². The molecule has 0 bridgehead atoms. The number of allylic oxidation sites excluding steroid dienone is 1. The van der Waals surface area contributed by atoms with Gasteiger partial charge in [-0.25, -0.2) is 24.0 Å². The van der Waals surface area contributed by atoms with Crippen LogP contribution in [0.1, 0.15) is 58.0 Å². The van der Waals surface area contributed by atoms with Crippen molar-refractivity contribution in [3.8, 4) is 0 Å². The number of fused-ring (bicyclic) bond motifs is 1. The molecule has 0 saturated heterocycles. The van der Waals surface area contributed by atoms with Crippen LogP contribution in [0.25, 0.3) is 5.52 Å². The van der Waals surface area contributed by atoms with Gasteiger partial charge in [0.05, 0.1) is 5.56 Å². The number of amides is 3. The SMILES string of the molecule is CCCNC(=O)c1ccc(C)c(Nc2ncnn3cc(C(=O)N(C(=O)OCOC(=O)/C=C/C=O)C4CC4)c(C)c23)c1. The van der Waals surface area contributed by atoms with E-state index in [4.69, 9.17) is 9.47 Å². The number of hydrogen-bond donors (Lipinski definition) is 2. The molecule has 41 heavy (non-hydrogen) atoms. The highest BCUT2D eigenvalue weighted by Crippen LogP contribution is 2.32. The van der Waals surface area contributed by atoms with E-state index in [0.717, 1.165) is 29.0 Å². The minimum absolute atomic E-state index is 0.186. The molecule has 1 fully saturated rings. The quantitative estimate of drug-likeness (QED) is 0.154. The summed E-state index contributed by atoms with van der Waals surface area (Å²) in [7, 11) is 0. The topological polar surface area (TPSA) is 161 Å². The predicted octanol–water partition coefficient (Wildman–Crippen LogP) is 3.23. The molecule has 1 saturated carbocycles. The number of carbonyl (C=O) groups is 5. The van der Waals surface area contributed by atoms with E-state index in [-0.39, 0.29) is 17.5 Å². The molecule has 0 unspecified atom stereocenters. The van der Waals surface area contributed by atoms with Gasteiger partial charge >= 0.3 is 12.1 Å². The molecule has 2 heterocycles. The summed E-state index contributed by atoms with van der Waals surface area (Å²) < 4.78 is 11.2. The van der Waals surface area contributed by atoms with Crippen molar-refractivity contribution < 1.29 is 33.4 Å². The van der Waals surface area contributed by atoms with E-state index in [9.17, 15) is 24.0 Å². The zero-order valence-electron chi connectivity index (χ0n) is 22.9. The smallest absolute Gasteiger partial charge is 0.419 e. The number of esters is 1. The zero-order chi connectivity index (χ0) is 29.5. The zero-order valence-corrected chi connectivity index (χ0v) is 22.9. The fraction of sp³-hybridized carbons (Fsp3) is 0.321. The number of aromatic nitrogens is 3. The van der Waals surface area contributed by atoms with E-state index in [0.29, 0.717) is 53.8 Å². The number of rotatable bonds is 11. The number of nitrogens with one attached hydrogen (secondary N) is 2. The normalized spacial score (nSPS) is 12.7. The fourth-order valence-corrected chi connectivity index (χ4v) is 4.07. The lowest BCUT2D eigenvalue weighted by atomic mass is 10.1. The van der Waals surface area contributed by atoms with E-state index in [1.807, 2.05) is 19.9 Å². The lowest BCUT2D eigenvalue weighted by Crippen LogP contribution is -2.39. The van der Waals surface area contributed by atoms with Gasteiger partial charge in [-0.2, -0.15) is 5.10 Å². The number of hydrogen-bond acceptors (Lipinski definition) is 10. The van der Waals surface area contributed by atoms with Crippen LogP contribution in [0.5, 0.6) is 0 Å². The van der Waals surface area contributed by atoms with Gasteiger partial charge in [-0.3, -0.25) is 14.4 Å². The first-order chi connectivity index (χ1) is 19.7. The number of nitrogens with zero attached hydrogens (tertiary/aromatic N) is 4. The molecule has 0 atom stereocenters. The minimum atomic E-state index is -0.961. The highest BCUT2D eigenvalue weighted by atomic mass is 16.7. The third-order valence-electron chi connectivity index (χ3n) is 6.37. The average molecular weight is 563 g/mol. The third-order valence-corrected chi connectivity index (χ3v) is 6.37. The molecule has 1 aliphatic carbocycles. The summed E-state index contributed by atoms with van der Waals surface area (Å²) in [4.78, 5) is 66.0.